The third-order valence-electron chi connectivity index (χ3n) is 5.62. The molecule has 2 aromatic carbocycles. The number of esters is 1. The average molecular weight is 409 g/mol. The van der Waals surface area contributed by atoms with Crippen LogP contribution in [0.3, 0.4) is 0 Å². The van der Waals surface area contributed by atoms with E-state index in [1.807, 2.05) is 0 Å². The summed E-state index contributed by atoms with van der Waals surface area (Å²) in [6, 6.07) is 6.49. The standard InChI is InChI=1S/C24H27NO5/c1-5-8-9-15(6-2)14-25-23(27)16-10-12-18(29-4)22-19(30-20(26)7-3)13-11-17(21(16)22)24(25)28/h7,10-13,15H,3,5-6,8-9,14H2,1-2,4H3. The average Bonchev–Trinajstić information content (AvgIpc) is 2.77. The number of unbranched alkanes of at least 4 members (excludes halogenated alkanes) is 1. The number of amides is 2. The van der Waals surface area contributed by atoms with Crippen molar-refractivity contribution >= 4 is 28.6 Å². The van der Waals surface area contributed by atoms with E-state index in [0.29, 0.717) is 34.2 Å². The van der Waals surface area contributed by atoms with Gasteiger partial charge in [0, 0.05) is 29.1 Å². The van der Waals surface area contributed by atoms with Gasteiger partial charge in [-0.25, -0.2) is 4.79 Å². The summed E-state index contributed by atoms with van der Waals surface area (Å²) in [7, 11) is 1.49. The highest BCUT2D eigenvalue weighted by Crippen LogP contribution is 2.41. The Bertz CT molecular complexity index is 988. The largest absolute Gasteiger partial charge is 0.496 e. The van der Waals surface area contributed by atoms with Crippen LogP contribution in [-0.4, -0.2) is 36.3 Å². The number of rotatable bonds is 9. The van der Waals surface area contributed by atoms with E-state index < -0.39 is 5.97 Å². The molecule has 0 spiro atoms. The van der Waals surface area contributed by atoms with E-state index in [1.165, 1.54) is 12.0 Å². The molecule has 1 unspecified atom stereocenters. The number of hydrogen-bond acceptors (Lipinski definition) is 5. The van der Waals surface area contributed by atoms with Crippen molar-refractivity contribution in [2.24, 2.45) is 5.92 Å². The highest BCUT2D eigenvalue weighted by Gasteiger charge is 2.35. The fraction of sp³-hybridized carbons (Fsp3) is 0.375. The van der Waals surface area contributed by atoms with Crippen LogP contribution in [0.25, 0.3) is 10.8 Å². The first-order valence-electron chi connectivity index (χ1n) is 10.3. The fourth-order valence-electron chi connectivity index (χ4n) is 3.92. The molecule has 1 heterocycles. The van der Waals surface area contributed by atoms with Gasteiger partial charge in [0.05, 0.1) is 12.5 Å². The van der Waals surface area contributed by atoms with Crippen molar-refractivity contribution in [3.63, 3.8) is 0 Å². The number of nitrogens with zero attached hydrogens (tertiary/aromatic N) is 1. The highest BCUT2D eigenvalue weighted by molar-refractivity contribution is 6.27. The summed E-state index contributed by atoms with van der Waals surface area (Å²) in [6.07, 6.45) is 5.08. The van der Waals surface area contributed by atoms with Crippen molar-refractivity contribution in [3.8, 4) is 11.5 Å². The molecular formula is C24H27NO5. The summed E-state index contributed by atoms with van der Waals surface area (Å²) in [5.41, 5.74) is 0.810. The quantitative estimate of drug-likeness (QED) is 0.259. The van der Waals surface area contributed by atoms with Crippen LogP contribution in [0.1, 0.15) is 60.2 Å². The molecule has 1 aliphatic rings. The summed E-state index contributed by atoms with van der Waals surface area (Å²) < 4.78 is 10.8. The Morgan fingerprint density at radius 2 is 1.70 bits per heavy atom. The van der Waals surface area contributed by atoms with Crippen LogP contribution in [-0.2, 0) is 4.79 Å². The highest BCUT2D eigenvalue weighted by atomic mass is 16.5. The maximum Gasteiger partial charge on any atom is 0.335 e. The maximum absolute atomic E-state index is 13.3. The van der Waals surface area contributed by atoms with Gasteiger partial charge in [-0.05, 0) is 36.6 Å². The number of imide groups is 1. The zero-order chi connectivity index (χ0) is 21.8. The second kappa shape index (κ2) is 9.11. The summed E-state index contributed by atoms with van der Waals surface area (Å²) in [5, 5.41) is 0.888. The summed E-state index contributed by atoms with van der Waals surface area (Å²) in [6.45, 7) is 8.02. The molecule has 0 N–H and O–H groups in total. The Kier molecular flexibility index (Phi) is 6.55. The van der Waals surface area contributed by atoms with Gasteiger partial charge in [-0.2, -0.15) is 0 Å². The molecule has 1 atom stereocenters. The van der Waals surface area contributed by atoms with Gasteiger partial charge in [-0.1, -0.05) is 39.7 Å². The Labute approximate surface area is 176 Å². The lowest BCUT2D eigenvalue weighted by Gasteiger charge is -2.30. The van der Waals surface area contributed by atoms with Crippen LogP contribution in [0.15, 0.2) is 36.9 Å². The van der Waals surface area contributed by atoms with Crippen LogP contribution in [0.2, 0.25) is 0 Å². The minimum atomic E-state index is -0.630. The molecule has 158 valence electrons. The first kappa shape index (κ1) is 21.6. The molecule has 0 aromatic heterocycles. The van der Waals surface area contributed by atoms with E-state index in [4.69, 9.17) is 9.47 Å². The summed E-state index contributed by atoms with van der Waals surface area (Å²) >= 11 is 0. The molecular weight excluding hydrogens is 382 g/mol. The van der Waals surface area contributed by atoms with E-state index in [9.17, 15) is 14.4 Å². The van der Waals surface area contributed by atoms with Crippen molar-refractivity contribution in [1.82, 2.24) is 4.90 Å². The third kappa shape index (κ3) is 3.82. The van der Waals surface area contributed by atoms with Gasteiger partial charge in [-0.3, -0.25) is 14.5 Å². The number of benzene rings is 2. The fourth-order valence-corrected chi connectivity index (χ4v) is 3.92. The van der Waals surface area contributed by atoms with Crippen LogP contribution >= 0.6 is 0 Å². The molecule has 0 aliphatic carbocycles. The molecule has 1 aliphatic heterocycles. The van der Waals surface area contributed by atoms with Crippen LogP contribution in [0, 0.1) is 5.92 Å². The number of carbonyl (C=O) groups is 3. The lowest BCUT2D eigenvalue weighted by Crippen LogP contribution is -2.43. The Morgan fingerprint density at radius 1 is 1.07 bits per heavy atom. The molecule has 0 fully saturated rings. The predicted octanol–water partition coefficient (Wildman–Crippen LogP) is 4.75. The molecule has 0 saturated heterocycles. The monoisotopic (exact) mass is 409 g/mol. The van der Waals surface area contributed by atoms with Crippen molar-refractivity contribution in [1.29, 1.82) is 0 Å². The lowest BCUT2D eigenvalue weighted by molar-refractivity contribution is -0.128. The van der Waals surface area contributed by atoms with E-state index >= 15 is 0 Å². The second-order valence-corrected chi connectivity index (χ2v) is 7.44. The molecule has 30 heavy (non-hydrogen) atoms. The van der Waals surface area contributed by atoms with Gasteiger partial charge in [0.1, 0.15) is 11.5 Å². The van der Waals surface area contributed by atoms with Gasteiger partial charge < -0.3 is 9.47 Å². The Morgan fingerprint density at radius 3 is 2.23 bits per heavy atom. The van der Waals surface area contributed by atoms with Gasteiger partial charge >= 0.3 is 5.97 Å². The van der Waals surface area contributed by atoms with Gasteiger partial charge in [0.2, 0.25) is 0 Å². The van der Waals surface area contributed by atoms with Gasteiger partial charge in [-0.15, -0.1) is 0 Å². The summed E-state index contributed by atoms with van der Waals surface area (Å²) in [5.74, 6) is -0.383. The van der Waals surface area contributed by atoms with Crippen molar-refractivity contribution in [3.05, 3.63) is 48.0 Å². The molecule has 0 bridgehead atoms. The molecule has 0 radical (unpaired) electrons. The van der Waals surface area contributed by atoms with E-state index in [2.05, 4.69) is 20.4 Å². The normalized spacial score (nSPS) is 14.0. The molecule has 6 heteroatoms. The van der Waals surface area contributed by atoms with E-state index in [1.54, 1.807) is 24.3 Å². The molecule has 0 saturated carbocycles. The Hall–Kier alpha value is -3.15. The predicted molar refractivity (Wildman–Crippen MR) is 115 cm³/mol. The zero-order valence-corrected chi connectivity index (χ0v) is 17.7. The van der Waals surface area contributed by atoms with Gasteiger partial charge in [0.15, 0.2) is 0 Å². The van der Waals surface area contributed by atoms with E-state index in [-0.39, 0.29) is 23.5 Å². The number of ether oxygens (including phenoxy) is 2. The maximum atomic E-state index is 13.3. The first-order valence-corrected chi connectivity index (χ1v) is 10.3. The minimum absolute atomic E-state index is 0.223. The molecule has 2 amide bonds. The smallest absolute Gasteiger partial charge is 0.335 e. The lowest BCUT2D eigenvalue weighted by atomic mass is 9.91. The number of methoxy groups -OCH3 is 1. The zero-order valence-electron chi connectivity index (χ0n) is 17.7. The van der Waals surface area contributed by atoms with Crippen LogP contribution in [0.5, 0.6) is 11.5 Å². The molecule has 6 nitrogen and oxygen atoms in total. The van der Waals surface area contributed by atoms with Crippen molar-refractivity contribution in [2.75, 3.05) is 13.7 Å². The molecule has 3 rings (SSSR count). The number of hydrogen-bond donors (Lipinski definition) is 0. The van der Waals surface area contributed by atoms with Crippen molar-refractivity contribution < 1.29 is 23.9 Å². The third-order valence-corrected chi connectivity index (χ3v) is 5.62. The van der Waals surface area contributed by atoms with Crippen LogP contribution in [0.4, 0.5) is 0 Å². The first-order chi connectivity index (χ1) is 14.5. The minimum Gasteiger partial charge on any atom is -0.496 e. The van der Waals surface area contributed by atoms with Gasteiger partial charge in [0.25, 0.3) is 11.8 Å². The van der Waals surface area contributed by atoms with E-state index in [0.717, 1.165) is 31.8 Å². The Balaban J connectivity index is 2.11. The SMILES string of the molecule is C=CC(=O)Oc1ccc2c3c(ccc(OC)c13)C(=O)N(CC(CC)CCCC)C2=O. The topological polar surface area (TPSA) is 72.9 Å². The van der Waals surface area contributed by atoms with Crippen molar-refractivity contribution in [2.45, 2.75) is 39.5 Å². The van der Waals surface area contributed by atoms with Crippen LogP contribution < -0.4 is 9.47 Å². The second-order valence-electron chi connectivity index (χ2n) is 7.44. The summed E-state index contributed by atoms with van der Waals surface area (Å²) in [4.78, 5) is 39.7. The molecule has 2 aromatic rings. The number of carbonyl (C=O) groups excluding carboxylic acids is 3.